The Bertz CT molecular complexity index is 588. The van der Waals surface area contributed by atoms with Crippen molar-refractivity contribution in [3.8, 4) is 6.07 Å². The fraction of sp³-hybridized carbons (Fsp3) is 0.333. The molecule has 1 N–H and O–H groups in total. The van der Waals surface area contributed by atoms with E-state index in [2.05, 4.69) is 5.32 Å². The molecule has 1 aromatic rings. The minimum atomic E-state index is -3.66. The second-order valence-corrected chi connectivity index (χ2v) is 6.40. The maximum Gasteiger partial charge on any atom is 0.348 e. The van der Waals surface area contributed by atoms with Crippen LogP contribution in [0.5, 0.6) is 0 Å². The topological polar surface area (TPSA) is 88.4 Å². The van der Waals surface area contributed by atoms with Gasteiger partial charge in [0.05, 0.1) is 12.0 Å². The molecule has 2 atom stereocenters. The summed E-state index contributed by atoms with van der Waals surface area (Å²) in [6, 6.07) is 8.86. The van der Waals surface area contributed by atoms with Gasteiger partial charge in [-0.15, -0.1) is 0 Å². The second-order valence-electron chi connectivity index (χ2n) is 4.03. The summed E-state index contributed by atoms with van der Waals surface area (Å²) in [5.74, 6) is -1.23. The van der Waals surface area contributed by atoms with Gasteiger partial charge in [-0.25, -0.2) is 0 Å². The number of carbonyl (C=O) groups excluding carboxylic acids is 1. The number of para-hydroxylation sites is 1. The minimum absolute atomic E-state index is 0.373. The molecule has 2 unspecified atom stereocenters. The zero-order valence-corrected chi connectivity index (χ0v) is 11.4. The third-order valence-corrected chi connectivity index (χ3v) is 5.25. The zero-order valence-electron chi connectivity index (χ0n) is 10.5. The van der Waals surface area contributed by atoms with Crippen molar-refractivity contribution < 1.29 is 18.4 Å². The SMILES string of the molecule is COP(=O)(OC)C(C#N)C1C(=O)Nc2ccccc21. The number of carbonyl (C=O) groups is 1. The Hall–Kier alpha value is -1.67. The van der Waals surface area contributed by atoms with Gasteiger partial charge in [-0.05, 0) is 11.6 Å². The fourth-order valence-corrected chi connectivity index (χ4v) is 3.58. The summed E-state index contributed by atoms with van der Waals surface area (Å²) in [4.78, 5) is 12.0. The van der Waals surface area contributed by atoms with Crippen LogP contribution in [0.1, 0.15) is 11.5 Å². The maximum atomic E-state index is 12.4. The molecule has 0 radical (unpaired) electrons. The van der Waals surface area contributed by atoms with E-state index in [1.165, 1.54) is 14.2 Å². The van der Waals surface area contributed by atoms with Crippen molar-refractivity contribution in [2.24, 2.45) is 0 Å². The van der Waals surface area contributed by atoms with Gasteiger partial charge in [0.1, 0.15) is 0 Å². The molecule has 0 saturated heterocycles. The van der Waals surface area contributed by atoms with E-state index in [1.807, 2.05) is 6.07 Å². The average Bonchev–Trinajstić information content (AvgIpc) is 2.76. The van der Waals surface area contributed by atoms with E-state index >= 15 is 0 Å². The van der Waals surface area contributed by atoms with Crippen LogP contribution in [-0.4, -0.2) is 25.8 Å². The van der Waals surface area contributed by atoms with Crippen molar-refractivity contribution in [2.75, 3.05) is 19.5 Å². The molecule has 1 aromatic carbocycles. The highest BCUT2D eigenvalue weighted by atomic mass is 31.2. The molecule has 6 nitrogen and oxygen atoms in total. The maximum absolute atomic E-state index is 12.4. The van der Waals surface area contributed by atoms with E-state index in [0.29, 0.717) is 11.3 Å². The van der Waals surface area contributed by atoms with Crippen LogP contribution < -0.4 is 5.32 Å². The lowest BCUT2D eigenvalue weighted by Gasteiger charge is -2.22. The van der Waals surface area contributed by atoms with E-state index < -0.39 is 19.2 Å². The first-order valence-electron chi connectivity index (χ1n) is 5.58. The molecule has 7 heteroatoms. The number of anilines is 1. The van der Waals surface area contributed by atoms with Crippen molar-refractivity contribution in [3.63, 3.8) is 0 Å². The first kappa shape index (κ1) is 13.8. The normalized spacial score (nSPS) is 19.4. The Morgan fingerprint density at radius 3 is 2.58 bits per heavy atom. The fourth-order valence-electron chi connectivity index (χ4n) is 2.18. The van der Waals surface area contributed by atoms with E-state index in [1.54, 1.807) is 24.3 Å². The predicted molar refractivity (Wildman–Crippen MR) is 68.8 cm³/mol. The number of benzene rings is 1. The van der Waals surface area contributed by atoms with Gasteiger partial charge in [0, 0.05) is 19.9 Å². The number of hydrogen-bond acceptors (Lipinski definition) is 5. The summed E-state index contributed by atoms with van der Waals surface area (Å²) in [6.07, 6.45) is 0. The largest absolute Gasteiger partial charge is 0.348 e. The van der Waals surface area contributed by atoms with Crippen LogP contribution in [0.25, 0.3) is 0 Å². The summed E-state index contributed by atoms with van der Waals surface area (Å²) in [7, 11) is -1.25. The Kier molecular flexibility index (Phi) is 3.72. The van der Waals surface area contributed by atoms with Gasteiger partial charge in [0.15, 0.2) is 5.66 Å². The zero-order chi connectivity index (χ0) is 14.0. The quantitative estimate of drug-likeness (QED) is 0.853. The lowest BCUT2D eigenvalue weighted by Crippen LogP contribution is -2.25. The second kappa shape index (κ2) is 5.14. The molecular weight excluding hydrogens is 267 g/mol. The number of nitrogens with one attached hydrogen (secondary N) is 1. The van der Waals surface area contributed by atoms with Crippen LogP contribution >= 0.6 is 7.60 Å². The van der Waals surface area contributed by atoms with Crippen LogP contribution in [0.4, 0.5) is 5.69 Å². The standard InChI is InChI=1S/C12H13N2O4P/c1-17-19(16,18-2)10(7-13)11-8-5-3-4-6-9(8)14-12(11)15/h3-6,10-11H,1-2H3,(H,14,15). The minimum Gasteiger partial charge on any atom is -0.325 e. The van der Waals surface area contributed by atoms with Gasteiger partial charge in [-0.3, -0.25) is 9.36 Å². The van der Waals surface area contributed by atoms with E-state index in [4.69, 9.17) is 9.05 Å². The molecule has 0 aromatic heterocycles. The van der Waals surface area contributed by atoms with Gasteiger partial charge in [-0.1, -0.05) is 18.2 Å². The number of rotatable bonds is 4. The molecule has 1 heterocycles. The van der Waals surface area contributed by atoms with Crippen molar-refractivity contribution >= 4 is 19.2 Å². The van der Waals surface area contributed by atoms with Crippen LogP contribution in [0.15, 0.2) is 24.3 Å². The lowest BCUT2D eigenvalue weighted by atomic mass is 9.97. The smallest absolute Gasteiger partial charge is 0.325 e. The summed E-state index contributed by atoms with van der Waals surface area (Å²) in [6.45, 7) is 0. The lowest BCUT2D eigenvalue weighted by molar-refractivity contribution is -0.117. The highest BCUT2D eigenvalue weighted by Crippen LogP contribution is 2.57. The molecule has 0 bridgehead atoms. The van der Waals surface area contributed by atoms with Gasteiger partial charge >= 0.3 is 7.60 Å². The van der Waals surface area contributed by atoms with Crippen LogP contribution in [0.2, 0.25) is 0 Å². The third kappa shape index (κ3) is 2.17. The molecule has 1 aliphatic rings. The molecule has 19 heavy (non-hydrogen) atoms. The molecule has 1 aliphatic heterocycles. The monoisotopic (exact) mass is 280 g/mol. The highest BCUT2D eigenvalue weighted by molar-refractivity contribution is 7.55. The van der Waals surface area contributed by atoms with Gasteiger partial charge in [0.25, 0.3) is 0 Å². The third-order valence-electron chi connectivity index (χ3n) is 3.13. The Morgan fingerprint density at radius 1 is 1.37 bits per heavy atom. The molecule has 0 spiro atoms. The molecule has 2 rings (SSSR count). The number of nitriles is 1. The highest BCUT2D eigenvalue weighted by Gasteiger charge is 2.47. The Balaban J connectivity index is 2.49. The van der Waals surface area contributed by atoms with Crippen molar-refractivity contribution in [2.45, 2.75) is 11.6 Å². The number of fused-ring (bicyclic) bond motifs is 1. The molecule has 0 aliphatic carbocycles. The summed E-state index contributed by atoms with van der Waals surface area (Å²) >= 11 is 0. The summed E-state index contributed by atoms with van der Waals surface area (Å²) in [5, 5.41) is 11.9. The molecule has 0 saturated carbocycles. The summed E-state index contributed by atoms with van der Waals surface area (Å²) in [5.41, 5.74) is 0.0797. The van der Waals surface area contributed by atoms with Gasteiger partial charge in [-0.2, -0.15) is 5.26 Å². The molecule has 1 amide bonds. The first-order chi connectivity index (χ1) is 9.07. The van der Waals surface area contributed by atoms with Crippen molar-refractivity contribution in [3.05, 3.63) is 29.8 Å². The predicted octanol–water partition coefficient (Wildman–Crippen LogP) is 2.10. The van der Waals surface area contributed by atoms with Crippen molar-refractivity contribution in [1.82, 2.24) is 0 Å². The number of nitrogens with zero attached hydrogens (tertiary/aromatic N) is 1. The van der Waals surface area contributed by atoms with Gasteiger partial charge < -0.3 is 14.4 Å². The average molecular weight is 280 g/mol. The van der Waals surface area contributed by atoms with Crippen LogP contribution in [0.3, 0.4) is 0 Å². The van der Waals surface area contributed by atoms with Crippen LogP contribution in [-0.2, 0) is 18.4 Å². The Morgan fingerprint density at radius 2 is 2.00 bits per heavy atom. The Labute approximate surface area is 110 Å². The molecule has 0 fully saturated rings. The first-order valence-corrected chi connectivity index (χ1v) is 7.19. The van der Waals surface area contributed by atoms with Crippen LogP contribution in [0, 0.1) is 11.3 Å². The van der Waals surface area contributed by atoms with Crippen molar-refractivity contribution in [1.29, 1.82) is 5.26 Å². The van der Waals surface area contributed by atoms with E-state index in [9.17, 15) is 14.6 Å². The summed E-state index contributed by atoms with van der Waals surface area (Å²) < 4.78 is 22.1. The number of hydrogen-bond donors (Lipinski definition) is 1. The number of amides is 1. The van der Waals surface area contributed by atoms with E-state index in [-0.39, 0.29) is 5.91 Å². The van der Waals surface area contributed by atoms with Gasteiger partial charge in [0.2, 0.25) is 5.91 Å². The molecule has 100 valence electrons. The van der Waals surface area contributed by atoms with E-state index in [0.717, 1.165) is 0 Å². The molecular formula is C12H13N2O4P.